The highest BCUT2D eigenvalue weighted by Crippen LogP contribution is 2.23. The molecule has 1 fully saturated rings. The molecule has 6 nitrogen and oxygen atoms in total. The molecule has 0 aliphatic carbocycles. The lowest BCUT2D eigenvalue weighted by Crippen LogP contribution is -2.38. The summed E-state index contributed by atoms with van der Waals surface area (Å²) in [4.78, 5) is 24.6. The molecule has 0 saturated carbocycles. The minimum absolute atomic E-state index is 0.217. The third-order valence-corrected chi connectivity index (χ3v) is 3.45. The third kappa shape index (κ3) is 2.57. The Morgan fingerprint density at radius 3 is 2.67 bits per heavy atom. The number of rotatable bonds is 3. The lowest BCUT2D eigenvalue weighted by molar-refractivity contribution is -0.428. The lowest BCUT2D eigenvalue weighted by atomic mass is 10.1. The quantitative estimate of drug-likeness (QED) is 0.765. The second-order valence-corrected chi connectivity index (χ2v) is 4.64. The number of aromatic nitrogens is 2. The highest BCUT2D eigenvalue weighted by molar-refractivity contribution is 5.75. The number of piperidine rings is 1. The van der Waals surface area contributed by atoms with E-state index in [0.29, 0.717) is 18.2 Å². The van der Waals surface area contributed by atoms with Gasteiger partial charge in [-0.05, 0) is 12.8 Å². The first-order chi connectivity index (χ1) is 8.61. The van der Waals surface area contributed by atoms with E-state index in [4.69, 9.17) is 0 Å². The molecule has 1 saturated heterocycles. The van der Waals surface area contributed by atoms with Gasteiger partial charge >= 0.3 is 0 Å². The maximum absolute atomic E-state index is 11.6. The van der Waals surface area contributed by atoms with Crippen molar-refractivity contribution in [2.24, 2.45) is 0 Å². The minimum Gasteiger partial charge on any atom is -0.343 e. The predicted molar refractivity (Wildman–Crippen MR) is 66.6 cm³/mol. The Kier molecular flexibility index (Phi) is 3.74. The van der Waals surface area contributed by atoms with Crippen molar-refractivity contribution in [3.05, 3.63) is 17.3 Å². The van der Waals surface area contributed by atoms with E-state index in [2.05, 4.69) is 5.10 Å². The Morgan fingerprint density at radius 1 is 1.50 bits per heavy atom. The number of hydrogen-bond acceptors (Lipinski definition) is 3. The summed E-state index contributed by atoms with van der Waals surface area (Å²) in [6.07, 6.45) is 5.72. The highest BCUT2D eigenvalue weighted by Gasteiger charge is 2.24. The Balaban J connectivity index is 1.96. The van der Waals surface area contributed by atoms with Crippen LogP contribution in [-0.2, 0) is 4.79 Å². The van der Waals surface area contributed by atoms with Crippen molar-refractivity contribution in [2.45, 2.75) is 32.2 Å². The molecule has 0 radical (unpaired) electrons. The normalized spacial score (nSPS) is 16.9. The van der Waals surface area contributed by atoms with E-state index in [0.717, 1.165) is 30.7 Å². The number of carbonyl (C=O) groups is 1. The topological polar surface area (TPSA) is 58.2 Å². The maximum atomic E-state index is 11.6. The summed E-state index contributed by atoms with van der Waals surface area (Å²) in [6.45, 7) is 3.44. The Hall–Kier alpha value is -1.72. The first-order valence-corrected chi connectivity index (χ1v) is 6.34. The van der Waals surface area contributed by atoms with Gasteiger partial charge in [-0.25, -0.2) is 0 Å². The molecule has 0 N–H and O–H groups in total. The van der Waals surface area contributed by atoms with Gasteiger partial charge in [0.2, 0.25) is 5.91 Å². The number of carbonyl (C=O) groups excluding carboxylic acids is 1. The van der Waals surface area contributed by atoms with E-state index >= 15 is 0 Å². The van der Waals surface area contributed by atoms with Crippen LogP contribution in [-0.4, -0.2) is 45.5 Å². The molecule has 1 aliphatic heterocycles. The summed E-state index contributed by atoms with van der Waals surface area (Å²) in [5.74, 6) is 0.217. The number of amides is 1. The molecule has 0 aromatic carbocycles. The molecule has 0 atom stereocenters. The second kappa shape index (κ2) is 5.29. The van der Waals surface area contributed by atoms with Gasteiger partial charge in [0.25, 0.3) is 5.69 Å². The number of likely N-dealkylation sites (tertiary alicyclic amines) is 1. The molecular weight excluding hydrogens is 232 g/mol. The molecule has 1 aromatic heterocycles. The van der Waals surface area contributed by atoms with Gasteiger partial charge in [0, 0.05) is 29.2 Å². The molecule has 98 valence electrons. The molecule has 1 aliphatic rings. The monoisotopic (exact) mass is 251 g/mol. The van der Waals surface area contributed by atoms with Gasteiger partial charge < -0.3 is 4.90 Å². The Bertz CT molecular complexity index is 447. The molecule has 0 unspecified atom stereocenters. The van der Waals surface area contributed by atoms with Crippen molar-refractivity contribution >= 4 is 11.6 Å². The molecule has 0 spiro atoms. The number of hydrogen-bond donors (Lipinski definition) is 0. The van der Waals surface area contributed by atoms with Gasteiger partial charge in [-0.3, -0.25) is 9.48 Å². The molecule has 1 amide bonds. The average Bonchev–Trinajstić information content (AvgIpc) is 2.88. The maximum Gasteiger partial charge on any atom is 0.293 e. The van der Waals surface area contributed by atoms with E-state index in [1.165, 1.54) is 7.05 Å². The van der Waals surface area contributed by atoms with Crippen molar-refractivity contribution in [3.63, 3.8) is 0 Å². The predicted octanol–water partition coefficient (Wildman–Crippen LogP) is 1.50. The summed E-state index contributed by atoms with van der Waals surface area (Å²) in [5.41, 5.74) is 0.571. The van der Waals surface area contributed by atoms with Crippen LogP contribution < -0.4 is 0 Å². The minimum atomic E-state index is 0.217. The largest absolute Gasteiger partial charge is 0.343 e. The third-order valence-electron chi connectivity index (χ3n) is 3.45. The van der Waals surface area contributed by atoms with Crippen LogP contribution in [0, 0.1) is 4.91 Å². The zero-order valence-corrected chi connectivity index (χ0v) is 10.9. The van der Waals surface area contributed by atoms with Crippen molar-refractivity contribution < 1.29 is 9.55 Å². The summed E-state index contributed by atoms with van der Waals surface area (Å²) in [6, 6.07) is 0.291. The molecule has 2 rings (SSSR count). The van der Waals surface area contributed by atoms with Crippen LogP contribution in [0.15, 0.2) is 12.4 Å². The van der Waals surface area contributed by atoms with E-state index in [-0.39, 0.29) is 5.91 Å². The SMILES string of the molecule is CCC(=O)N1CCC(n2cc([N+](C)=O)cn2)CC1. The van der Waals surface area contributed by atoms with Crippen LogP contribution in [0.25, 0.3) is 0 Å². The fourth-order valence-electron chi connectivity index (χ4n) is 2.29. The van der Waals surface area contributed by atoms with Gasteiger partial charge in [0.15, 0.2) is 7.05 Å². The van der Waals surface area contributed by atoms with Crippen molar-refractivity contribution in [1.29, 1.82) is 0 Å². The standard InChI is InChI=1S/C12H19N4O2/c1-3-12(17)15-6-4-10(5-7-15)16-9-11(8-13-16)14(2)18/h8-10H,3-7H2,1-2H3/q+1. The zero-order valence-electron chi connectivity index (χ0n) is 10.9. The number of nitroso groups, excluding NO2 is 1. The van der Waals surface area contributed by atoms with Crippen molar-refractivity contribution in [2.75, 3.05) is 20.1 Å². The van der Waals surface area contributed by atoms with Crippen LogP contribution in [0.1, 0.15) is 32.2 Å². The summed E-state index contributed by atoms with van der Waals surface area (Å²) in [7, 11) is 1.46. The summed E-state index contributed by atoms with van der Waals surface area (Å²) >= 11 is 0. The molecule has 0 bridgehead atoms. The summed E-state index contributed by atoms with van der Waals surface area (Å²) in [5, 5.41) is 4.22. The Morgan fingerprint density at radius 2 is 2.17 bits per heavy atom. The average molecular weight is 251 g/mol. The van der Waals surface area contributed by atoms with Gasteiger partial charge in [-0.2, -0.15) is 5.10 Å². The van der Waals surface area contributed by atoms with Crippen LogP contribution in [0.3, 0.4) is 0 Å². The van der Waals surface area contributed by atoms with E-state index in [1.54, 1.807) is 12.4 Å². The Labute approximate surface area is 106 Å². The second-order valence-electron chi connectivity index (χ2n) is 4.64. The fraction of sp³-hybridized carbons (Fsp3) is 0.667. The van der Waals surface area contributed by atoms with Crippen LogP contribution >= 0.6 is 0 Å². The molecule has 18 heavy (non-hydrogen) atoms. The fourth-order valence-corrected chi connectivity index (χ4v) is 2.29. The number of nitrogens with zero attached hydrogens (tertiary/aromatic N) is 4. The van der Waals surface area contributed by atoms with Crippen LogP contribution in [0.2, 0.25) is 0 Å². The van der Waals surface area contributed by atoms with Gasteiger partial charge in [0.05, 0.1) is 6.04 Å². The highest BCUT2D eigenvalue weighted by atomic mass is 16.3. The smallest absolute Gasteiger partial charge is 0.293 e. The van der Waals surface area contributed by atoms with E-state index in [1.807, 2.05) is 16.5 Å². The first-order valence-electron chi connectivity index (χ1n) is 6.34. The molecule has 1 aromatic rings. The van der Waals surface area contributed by atoms with Gasteiger partial charge in [-0.1, -0.05) is 6.92 Å². The van der Waals surface area contributed by atoms with Gasteiger partial charge in [-0.15, -0.1) is 0 Å². The molecule has 6 heteroatoms. The van der Waals surface area contributed by atoms with E-state index < -0.39 is 0 Å². The summed E-state index contributed by atoms with van der Waals surface area (Å²) < 4.78 is 2.65. The van der Waals surface area contributed by atoms with Gasteiger partial charge in [0.1, 0.15) is 12.4 Å². The first kappa shape index (κ1) is 12.7. The van der Waals surface area contributed by atoms with Crippen molar-refractivity contribution in [1.82, 2.24) is 14.7 Å². The van der Waals surface area contributed by atoms with Crippen molar-refractivity contribution in [3.8, 4) is 0 Å². The molecule has 2 heterocycles. The van der Waals surface area contributed by atoms with E-state index in [9.17, 15) is 9.70 Å². The van der Waals surface area contributed by atoms with Crippen LogP contribution in [0.5, 0.6) is 0 Å². The lowest BCUT2D eigenvalue weighted by Gasteiger charge is -2.31. The van der Waals surface area contributed by atoms with Crippen LogP contribution in [0.4, 0.5) is 5.69 Å². The zero-order chi connectivity index (χ0) is 13.1. The molecular formula is C12H19N4O2+.